The quantitative estimate of drug-likeness (QED) is 0.372. The molecule has 0 fully saturated rings. The number of aromatic carboxylic acids is 1. The number of ether oxygens (including phenoxy) is 1. The van der Waals surface area contributed by atoms with E-state index in [0.717, 1.165) is 11.4 Å². The number of carboxylic acid groups (broad SMARTS) is 1. The first-order valence-electron chi connectivity index (χ1n) is 8.99. The molecule has 7 nitrogen and oxygen atoms in total. The van der Waals surface area contributed by atoms with Crippen molar-refractivity contribution < 1.29 is 54.5 Å². The number of methoxy groups -OCH3 is 1. The monoisotopic (exact) mass is 528 g/mol. The fourth-order valence-electron chi connectivity index (χ4n) is 2.26. The zero-order chi connectivity index (χ0) is 22.1. The number of nitrogens with one attached hydrogen (secondary N) is 2. The second kappa shape index (κ2) is 20.9. The molecule has 0 saturated heterocycles. The van der Waals surface area contributed by atoms with Crippen LogP contribution in [0, 0.1) is 0 Å². The normalized spacial score (nSPS) is 8.74. The molecule has 0 atom stereocenters. The molecule has 0 aliphatic carbocycles. The smallest absolute Gasteiger partial charge is 0.870 e. The van der Waals surface area contributed by atoms with E-state index < -0.39 is 5.97 Å². The Hall–Kier alpha value is -1.48. The van der Waals surface area contributed by atoms with Gasteiger partial charge in [-0.1, -0.05) is 45.5 Å². The molecule has 0 aromatic heterocycles. The standard InChI is InChI=1S/C11H14ClNO2.C10H12ClNO2.3CH4.Na.H2O/c1-7(2)13-10-5-4-8(6-9(10)12)11(14)15-3;1-6(2)12-9-4-3-7(10(13)14)5-8(9)11;;;;;/h4-7,13H,1-3H3;3-6,12H,1-2H3,(H,13,14);3*1H4;;1H2/q;;;;;+1;/p-1. The van der Waals surface area contributed by atoms with E-state index in [1.54, 1.807) is 24.3 Å². The molecule has 0 amide bonds. The number of esters is 1. The molecule has 4 N–H and O–H groups in total. The number of anilines is 2. The van der Waals surface area contributed by atoms with E-state index in [4.69, 9.17) is 28.3 Å². The van der Waals surface area contributed by atoms with Gasteiger partial charge in [0, 0.05) is 12.1 Å². The molecule has 2 aromatic rings. The number of rotatable bonds is 6. The van der Waals surface area contributed by atoms with Gasteiger partial charge < -0.3 is 26.0 Å². The predicted octanol–water partition coefficient (Wildman–Crippen LogP) is 4.54. The Bertz CT molecular complexity index is 865. The zero-order valence-electron chi connectivity index (χ0n) is 18.5. The van der Waals surface area contributed by atoms with E-state index in [-0.39, 0.29) is 74.9 Å². The summed E-state index contributed by atoms with van der Waals surface area (Å²) >= 11 is 11.9. The fourth-order valence-corrected chi connectivity index (χ4v) is 2.73. The second-order valence-corrected chi connectivity index (χ2v) is 7.60. The van der Waals surface area contributed by atoms with E-state index in [2.05, 4.69) is 15.4 Å². The largest absolute Gasteiger partial charge is 1.00 e. The molecule has 2 rings (SSSR count). The Morgan fingerprint density at radius 1 is 0.824 bits per heavy atom. The van der Waals surface area contributed by atoms with Crippen molar-refractivity contribution in [3.8, 4) is 0 Å². The van der Waals surface area contributed by atoms with Gasteiger partial charge in [0.2, 0.25) is 0 Å². The number of carbonyl (C=O) groups is 2. The van der Waals surface area contributed by atoms with Crippen LogP contribution in [-0.2, 0) is 4.74 Å². The molecule has 0 aliphatic heterocycles. The van der Waals surface area contributed by atoms with E-state index in [9.17, 15) is 9.59 Å². The van der Waals surface area contributed by atoms with Gasteiger partial charge in [-0.3, -0.25) is 0 Å². The number of hydrogen-bond donors (Lipinski definition) is 3. The molecule has 0 aliphatic rings. The minimum atomic E-state index is -0.969. The molecular formula is C24H39Cl2N2NaO5. The summed E-state index contributed by atoms with van der Waals surface area (Å²) in [7, 11) is 1.34. The SMILES string of the molecule is C.C.C.CC(C)Nc1ccc(C(=O)O)cc1Cl.COC(=O)c1ccc(NC(C)C)c(Cl)c1.[Na+].[OH-]. The van der Waals surface area contributed by atoms with Gasteiger partial charge in [-0.25, -0.2) is 9.59 Å². The summed E-state index contributed by atoms with van der Waals surface area (Å²) in [5.41, 5.74) is 2.23. The van der Waals surface area contributed by atoms with E-state index >= 15 is 0 Å². The molecule has 10 heteroatoms. The summed E-state index contributed by atoms with van der Waals surface area (Å²) in [4.78, 5) is 21.8. The third-order valence-electron chi connectivity index (χ3n) is 3.49. The Morgan fingerprint density at radius 2 is 1.18 bits per heavy atom. The molecule has 34 heavy (non-hydrogen) atoms. The van der Waals surface area contributed by atoms with E-state index in [1.165, 1.54) is 19.2 Å². The van der Waals surface area contributed by atoms with Crippen molar-refractivity contribution in [1.29, 1.82) is 0 Å². The average molecular weight is 529 g/mol. The summed E-state index contributed by atoms with van der Waals surface area (Å²) in [6.45, 7) is 8.01. The maximum Gasteiger partial charge on any atom is 1.00 e. The van der Waals surface area contributed by atoms with Crippen LogP contribution < -0.4 is 40.2 Å². The van der Waals surface area contributed by atoms with E-state index in [1.807, 2.05) is 27.7 Å². The molecule has 0 unspecified atom stereocenters. The van der Waals surface area contributed by atoms with Crippen LogP contribution in [0.1, 0.15) is 70.7 Å². The minimum Gasteiger partial charge on any atom is -0.870 e. The van der Waals surface area contributed by atoms with Crippen LogP contribution in [0.25, 0.3) is 0 Å². The van der Waals surface area contributed by atoms with Crippen molar-refractivity contribution in [3.05, 3.63) is 57.6 Å². The van der Waals surface area contributed by atoms with Gasteiger partial charge >= 0.3 is 41.5 Å². The molecular weight excluding hydrogens is 490 g/mol. The molecule has 0 heterocycles. The van der Waals surface area contributed by atoms with Crippen LogP contribution in [0.5, 0.6) is 0 Å². The van der Waals surface area contributed by atoms with Gasteiger partial charge in [-0.05, 0) is 64.1 Å². The molecule has 0 spiro atoms. The van der Waals surface area contributed by atoms with Gasteiger partial charge in [0.25, 0.3) is 0 Å². The minimum absolute atomic E-state index is 0. The van der Waals surface area contributed by atoms with Crippen LogP contribution in [0.4, 0.5) is 11.4 Å². The van der Waals surface area contributed by atoms with Crippen LogP contribution >= 0.6 is 23.2 Å². The van der Waals surface area contributed by atoms with Crippen LogP contribution in [0.15, 0.2) is 36.4 Å². The number of carbonyl (C=O) groups excluding carboxylic acids is 1. The van der Waals surface area contributed by atoms with Crippen LogP contribution in [0.2, 0.25) is 10.0 Å². The maximum absolute atomic E-state index is 11.2. The fraction of sp³-hybridized carbons (Fsp3) is 0.417. The Kier molecular flexibility index (Phi) is 26.2. The van der Waals surface area contributed by atoms with Gasteiger partial charge in [-0.2, -0.15) is 0 Å². The van der Waals surface area contributed by atoms with Crippen LogP contribution in [-0.4, -0.2) is 41.7 Å². The number of benzene rings is 2. The van der Waals surface area contributed by atoms with Crippen LogP contribution in [0.3, 0.4) is 0 Å². The Labute approximate surface area is 237 Å². The predicted molar refractivity (Wildman–Crippen MR) is 141 cm³/mol. The molecule has 2 aromatic carbocycles. The summed E-state index contributed by atoms with van der Waals surface area (Å²) in [6, 6.07) is 10.3. The number of carboxylic acids is 1. The first kappa shape index (κ1) is 42.7. The Morgan fingerprint density at radius 3 is 1.47 bits per heavy atom. The first-order valence-corrected chi connectivity index (χ1v) is 9.74. The van der Waals surface area contributed by atoms with Crippen molar-refractivity contribution >= 4 is 46.5 Å². The van der Waals surface area contributed by atoms with E-state index in [0.29, 0.717) is 21.7 Å². The van der Waals surface area contributed by atoms with Crippen molar-refractivity contribution in [3.63, 3.8) is 0 Å². The molecule has 0 radical (unpaired) electrons. The molecule has 190 valence electrons. The summed E-state index contributed by atoms with van der Waals surface area (Å²) in [5.74, 6) is -1.35. The molecule has 0 saturated carbocycles. The topological polar surface area (TPSA) is 118 Å². The third kappa shape index (κ3) is 14.7. The van der Waals surface area contributed by atoms with Gasteiger partial charge in [-0.15, -0.1) is 0 Å². The van der Waals surface area contributed by atoms with Gasteiger partial charge in [0.1, 0.15) is 0 Å². The number of halogens is 2. The number of hydrogen-bond acceptors (Lipinski definition) is 6. The summed E-state index contributed by atoms with van der Waals surface area (Å²) in [5, 5.41) is 15.9. The summed E-state index contributed by atoms with van der Waals surface area (Å²) < 4.78 is 4.59. The first-order chi connectivity index (χ1) is 13.5. The van der Waals surface area contributed by atoms with Gasteiger partial charge in [0.15, 0.2) is 0 Å². The van der Waals surface area contributed by atoms with Crippen molar-refractivity contribution in [1.82, 2.24) is 0 Å². The summed E-state index contributed by atoms with van der Waals surface area (Å²) in [6.07, 6.45) is 0. The average Bonchev–Trinajstić information content (AvgIpc) is 2.64. The third-order valence-corrected chi connectivity index (χ3v) is 4.12. The maximum atomic E-state index is 11.2. The second-order valence-electron chi connectivity index (χ2n) is 6.78. The zero-order valence-corrected chi connectivity index (χ0v) is 22.0. The van der Waals surface area contributed by atoms with Crippen molar-refractivity contribution in [2.45, 2.75) is 62.1 Å². The Balaban J connectivity index is -0.000000144. The van der Waals surface area contributed by atoms with Crippen molar-refractivity contribution in [2.24, 2.45) is 0 Å². The van der Waals surface area contributed by atoms with Crippen molar-refractivity contribution in [2.75, 3.05) is 17.7 Å². The molecule has 0 bridgehead atoms. The van der Waals surface area contributed by atoms with Gasteiger partial charge in [0.05, 0.1) is 39.7 Å².